The van der Waals surface area contributed by atoms with E-state index in [0.29, 0.717) is 5.88 Å². The van der Waals surface area contributed by atoms with Gasteiger partial charge in [-0.15, -0.1) is 0 Å². The fourth-order valence-corrected chi connectivity index (χ4v) is 2.27. The maximum atomic E-state index is 5.31. The molecule has 2 rings (SSSR count). The van der Waals surface area contributed by atoms with Crippen LogP contribution in [0.3, 0.4) is 0 Å². The zero-order chi connectivity index (χ0) is 14.2. The number of aromatic nitrogens is 1. The van der Waals surface area contributed by atoms with E-state index in [9.17, 15) is 0 Å². The highest BCUT2D eigenvalue weighted by atomic mass is 16.5. The Hall–Kier alpha value is -2.03. The van der Waals surface area contributed by atoms with Gasteiger partial charge in [0.1, 0.15) is 0 Å². The third kappa shape index (κ3) is 3.73. The van der Waals surface area contributed by atoms with Gasteiger partial charge >= 0.3 is 0 Å². The monoisotopic (exact) mass is 270 g/mol. The molecule has 1 aromatic heterocycles. The third-order valence-electron chi connectivity index (χ3n) is 3.34. The highest BCUT2D eigenvalue weighted by molar-refractivity contribution is 5.53. The van der Waals surface area contributed by atoms with Gasteiger partial charge in [-0.1, -0.05) is 50.1 Å². The van der Waals surface area contributed by atoms with Gasteiger partial charge in [0, 0.05) is 6.20 Å². The van der Waals surface area contributed by atoms with Crippen LogP contribution in [0.1, 0.15) is 37.8 Å². The first kappa shape index (κ1) is 14.4. The van der Waals surface area contributed by atoms with E-state index in [1.165, 1.54) is 18.4 Å². The number of anilines is 1. The third-order valence-corrected chi connectivity index (χ3v) is 3.34. The smallest absolute Gasteiger partial charge is 0.237 e. The molecule has 0 bridgehead atoms. The molecule has 0 aliphatic carbocycles. The Morgan fingerprint density at radius 2 is 1.95 bits per heavy atom. The van der Waals surface area contributed by atoms with Crippen molar-refractivity contribution in [1.82, 2.24) is 4.98 Å². The van der Waals surface area contributed by atoms with E-state index >= 15 is 0 Å². The first-order chi connectivity index (χ1) is 9.85. The molecular formula is C17H22N2O. The SMILES string of the molecule is CCCCC(Nc1cccnc1OC)c1ccccc1. The second-order valence-electron chi connectivity index (χ2n) is 4.81. The number of unbranched alkanes of at least 4 members (excludes halogenated alkanes) is 1. The molecule has 0 aliphatic heterocycles. The minimum atomic E-state index is 0.286. The summed E-state index contributed by atoms with van der Waals surface area (Å²) in [5.41, 5.74) is 2.24. The van der Waals surface area contributed by atoms with Gasteiger partial charge in [0.25, 0.3) is 0 Å². The molecule has 0 spiro atoms. The van der Waals surface area contributed by atoms with Crippen molar-refractivity contribution in [3.05, 3.63) is 54.2 Å². The summed E-state index contributed by atoms with van der Waals surface area (Å²) in [6.07, 6.45) is 5.22. The van der Waals surface area contributed by atoms with Crippen LogP contribution >= 0.6 is 0 Å². The van der Waals surface area contributed by atoms with E-state index in [2.05, 4.69) is 41.5 Å². The number of nitrogens with one attached hydrogen (secondary N) is 1. The lowest BCUT2D eigenvalue weighted by atomic mass is 10.0. The van der Waals surface area contributed by atoms with E-state index in [-0.39, 0.29) is 6.04 Å². The normalized spacial score (nSPS) is 11.9. The molecule has 0 fully saturated rings. The molecule has 1 aromatic carbocycles. The van der Waals surface area contributed by atoms with Gasteiger partial charge in [0.05, 0.1) is 18.8 Å². The van der Waals surface area contributed by atoms with Crippen LogP contribution in [-0.2, 0) is 0 Å². The molecule has 1 unspecified atom stereocenters. The number of hydrogen-bond acceptors (Lipinski definition) is 3. The number of ether oxygens (including phenoxy) is 1. The molecule has 3 heteroatoms. The lowest BCUT2D eigenvalue weighted by Crippen LogP contribution is -2.11. The summed E-state index contributed by atoms with van der Waals surface area (Å²) in [6.45, 7) is 2.21. The Bertz CT molecular complexity index is 513. The maximum absolute atomic E-state index is 5.31. The first-order valence-electron chi connectivity index (χ1n) is 7.15. The van der Waals surface area contributed by atoms with Crippen LogP contribution in [0.15, 0.2) is 48.7 Å². The minimum Gasteiger partial charge on any atom is -0.480 e. The van der Waals surface area contributed by atoms with Crippen molar-refractivity contribution in [2.24, 2.45) is 0 Å². The topological polar surface area (TPSA) is 34.2 Å². The van der Waals surface area contributed by atoms with Crippen LogP contribution in [0.2, 0.25) is 0 Å². The fourth-order valence-electron chi connectivity index (χ4n) is 2.27. The van der Waals surface area contributed by atoms with E-state index in [0.717, 1.165) is 12.1 Å². The van der Waals surface area contributed by atoms with E-state index in [4.69, 9.17) is 4.74 Å². The summed E-state index contributed by atoms with van der Waals surface area (Å²) >= 11 is 0. The van der Waals surface area contributed by atoms with Gasteiger partial charge in [0.15, 0.2) is 0 Å². The number of rotatable bonds is 7. The molecule has 1 heterocycles. The van der Waals surface area contributed by atoms with Crippen LogP contribution in [0, 0.1) is 0 Å². The summed E-state index contributed by atoms with van der Waals surface area (Å²) in [6, 6.07) is 14.7. The van der Waals surface area contributed by atoms with Crippen LogP contribution in [0.25, 0.3) is 0 Å². The number of benzene rings is 1. The lowest BCUT2D eigenvalue weighted by Gasteiger charge is -2.21. The van der Waals surface area contributed by atoms with Gasteiger partial charge in [0.2, 0.25) is 5.88 Å². The summed E-state index contributed by atoms with van der Waals surface area (Å²) in [7, 11) is 1.65. The molecule has 0 radical (unpaired) electrons. The number of methoxy groups -OCH3 is 1. The molecule has 0 amide bonds. The first-order valence-corrected chi connectivity index (χ1v) is 7.15. The lowest BCUT2D eigenvalue weighted by molar-refractivity contribution is 0.399. The van der Waals surface area contributed by atoms with Gasteiger partial charge in [-0.05, 0) is 24.1 Å². The van der Waals surface area contributed by atoms with Gasteiger partial charge in [-0.25, -0.2) is 4.98 Å². The Balaban J connectivity index is 2.19. The molecule has 1 atom stereocenters. The van der Waals surface area contributed by atoms with Crippen LogP contribution in [-0.4, -0.2) is 12.1 Å². The van der Waals surface area contributed by atoms with Crippen LogP contribution in [0.5, 0.6) is 5.88 Å². The summed E-state index contributed by atoms with van der Waals surface area (Å²) in [4.78, 5) is 4.24. The molecule has 1 N–H and O–H groups in total. The van der Waals surface area contributed by atoms with E-state index < -0.39 is 0 Å². The van der Waals surface area contributed by atoms with Crippen molar-refractivity contribution >= 4 is 5.69 Å². The standard InChI is InChI=1S/C17H22N2O/c1-3-4-11-15(14-9-6-5-7-10-14)19-16-12-8-13-18-17(16)20-2/h5-10,12-13,15,19H,3-4,11H2,1-2H3. The van der Waals surface area contributed by atoms with Crippen molar-refractivity contribution in [3.8, 4) is 5.88 Å². The number of pyridine rings is 1. The van der Waals surface area contributed by atoms with Gasteiger partial charge < -0.3 is 10.1 Å². The predicted molar refractivity (Wildman–Crippen MR) is 83.1 cm³/mol. The second kappa shape index (κ2) is 7.53. The summed E-state index contributed by atoms with van der Waals surface area (Å²) in [5, 5.41) is 3.56. The maximum Gasteiger partial charge on any atom is 0.237 e. The average Bonchev–Trinajstić information content (AvgIpc) is 2.52. The highest BCUT2D eigenvalue weighted by Crippen LogP contribution is 2.28. The van der Waals surface area contributed by atoms with Gasteiger partial charge in [-0.2, -0.15) is 0 Å². The zero-order valence-corrected chi connectivity index (χ0v) is 12.2. The molecule has 106 valence electrons. The molecular weight excluding hydrogens is 248 g/mol. The Morgan fingerprint density at radius 1 is 1.15 bits per heavy atom. The number of nitrogens with zero attached hydrogens (tertiary/aromatic N) is 1. The van der Waals surface area contributed by atoms with Crippen molar-refractivity contribution in [3.63, 3.8) is 0 Å². The van der Waals surface area contributed by atoms with E-state index in [1.54, 1.807) is 13.3 Å². The molecule has 20 heavy (non-hydrogen) atoms. The summed E-state index contributed by atoms with van der Waals surface area (Å²) in [5.74, 6) is 0.643. The average molecular weight is 270 g/mol. The largest absolute Gasteiger partial charge is 0.480 e. The van der Waals surface area contributed by atoms with Gasteiger partial charge in [-0.3, -0.25) is 0 Å². The number of hydrogen-bond donors (Lipinski definition) is 1. The molecule has 0 saturated carbocycles. The van der Waals surface area contributed by atoms with Crippen molar-refractivity contribution in [1.29, 1.82) is 0 Å². The Morgan fingerprint density at radius 3 is 2.65 bits per heavy atom. The Kier molecular flexibility index (Phi) is 5.42. The minimum absolute atomic E-state index is 0.286. The van der Waals surface area contributed by atoms with Crippen molar-refractivity contribution in [2.75, 3.05) is 12.4 Å². The van der Waals surface area contributed by atoms with Crippen LogP contribution < -0.4 is 10.1 Å². The molecule has 2 aromatic rings. The highest BCUT2D eigenvalue weighted by Gasteiger charge is 2.13. The van der Waals surface area contributed by atoms with Crippen LogP contribution in [0.4, 0.5) is 5.69 Å². The second-order valence-corrected chi connectivity index (χ2v) is 4.81. The predicted octanol–water partition coefficient (Wildman–Crippen LogP) is 4.43. The van der Waals surface area contributed by atoms with Crippen molar-refractivity contribution in [2.45, 2.75) is 32.2 Å². The molecule has 3 nitrogen and oxygen atoms in total. The van der Waals surface area contributed by atoms with E-state index in [1.807, 2.05) is 18.2 Å². The fraction of sp³-hybridized carbons (Fsp3) is 0.353. The van der Waals surface area contributed by atoms with Crippen molar-refractivity contribution < 1.29 is 4.74 Å². The molecule has 0 saturated heterocycles. The quantitative estimate of drug-likeness (QED) is 0.808. The zero-order valence-electron chi connectivity index (χ0n) is 12.2. The summed E-state index contributed by atoms with van der Waals surface area (Å²) < 4.78 is 5.31. The Labute approximate surface area is 121 Å². The molecule has 0 aliphatic rings.